The normalized spacial score (nSPS) is 11.7. The number of hydrogen-bond acceptors (Lipinski definition) is 4. The Labute approximate surface area is 136 Å². The van der Waals surface area contributed by atoms with E-state index in [1.165, 1.54) is 0 Å². The second kappa shape index (κ2) is 7.53. The quantitative estimate of drug-likeness (QED) is 0.369. The summed E-state index contributed by atoms with van der Waals surface area (Å²) in [5.41, 5.74) is 7.87. The maximum absolute atomic E-state index is 9.05. The van der Waals surface area contributed by atoms with Crippen molar-refractivity contribution in [1.29, 1.82) is 0 Å². The summed E-state index contributed by atoms with van der Waals surface area (Å²) in [6.45, 7) is 5.14. The van der Waals surface area contributed by atoms with Crippen molar-refractivity contribution in [3.63, 3.8) is 0 Å². The van der Waals surface area contributed by atoms with E-state index in [2.05, 4.69) is 24.1 Å². The summed E-state index contributed by atoms with van der Waals surface area (Å²) < 4.78 is 7.08. The fourth-order valence-corrected chi connectivity index (χ4v) is 2.36. The maximum atomic E-state index is 9.05. The molecule has 0 aliphatic heterocycles. The molecule has 0 fully saturated rings. The Bertz CT molecular complexity index is 649. The van der Waals surface area contributed by atoms with Gasteiger partial charge in [0.05, 0.1) is 19.3 Å². The van der Waals surface area contributed by atoms with Crippen molar-refractivity contribution in [3.8, 4) is 5.75 Å². The van der Waals surface area contributed by atoms with Gasteiger partial charge < -0.3 is 20.6 Å². The van der Waals surface area contributed by atoms with Crippen molar-refractivity contribution in [3.05, 3.63) is 47.8 Å². The molecule has 3 N–H and O–H groups in total. The van der Waals surface area contributed by atoms with Crippen LogP contribution in [0.2, 0.25) is 0 Å². The third-order valence-electron chi connectivity index (χ3n) is 3.55. The Morgan fingerprint density at radius 1 is 1.30 bits per heavy atom. The van der Waals surface area contributed by atoms with E-state index in [1.54, 1.807) is 18.2 Å². The van der Waals surface area contributed by atoms with E-state index in [-0.39, 0.29) is 12.0 Å². The second-order valence-electron chi connectivity index (χ2n) is 5.52. The van der Waals surface area contributed by atoms with Gasteiger partial charge in [0.2, 0.25) is 5.96 Å². The van der Waals surface area contributed by atoms with Crippen molar-refractivity contribution in [2.75, 3.05) is 7.11 Å². The molecule has 124 valence electrons. The van der Waals surface area contributed by atoms with Crippen LogP contribution in [-0.2, 0) is 13.1 Å². The number of methoxy groups -OCH3 is 1. The molecule has 0 saturated heterocycles. The van der Waals surface area contributed by atoms with Crippen LogP contribution in [0.15, 0.2) is 41.7 Å². The summed E-state index contributed by atoms with van der Waals surface area (Å²) in [6.07, 6.45) is 1.76. The minimum atomic E-state index is 0.0670. The van der Waals surface area contributed by atoms with Crippen LogP contribution in [-0.4, -0.2) is 33.0 Å². The van der Waals surface area contributed by atoms with Crippen LogP contribution in [0.3, 0.4) is 0 Å². The molecule has 0 aliphatic rings. The zero-order valence-electron chi connectivity index (χ0n) is 13.7. The van der Waals surface area contributed by atoms with Gasteiger partial charge >= 0.3 is 0 Å². The molecule has 0 radical (unpaired) electrons. The highest BCUT2D eigenvalue weighted by molar-refractivity contribution is 5.77. The Balaban J connectivity index is 2.18. The van der Waals surface area contributed by atoms with Gasteiger partial charge in [-0.15, -0.1) is 0 Å². The third kappa shape index (κ3) is 4.15. The van der Waals surface area contributed by atoms with Gasteiger partial charge in [-0.1, -0.05) is 17.3 Å². The summed E-state index contributed by atoms with van der Waals surface area (Å²) in [7, 11) is 1.63. The number of oxime groups is 1. The van der Waals surface area contributed by atoms with Gasteiger partial charge in [0, 0.05) is 18.8 Å². The molecule has 1 aromatic heterocycles. The first kappa shape index (κ1) is 16.7. The number of guanidine groups is 1. The van der Waals surface area contributed by atoms with Gasteiger partial charge in [0.15, 0.2) is 0 Å². The average molecular weight is 317 g/mol. The molecular formula is C16H23N5O2. The predicted molar refractivity (Wildman–Crippen MR) is 88.3 cm³/mol. The molecule has 7 nitrogen and oxygen atoms in total. The highest BCUT2D eigenvalue weighted by atomic mass is 16.5. The van der Waals surface area contributed by atoms with Crippen LogP contribution in [0.5, 0.6) is 5.75 Å². The molecule has 0 atom stereocenters. The van der Waals surface area contributed by atoms with Crippen molar-refractivity contribution in [1.82, 2.24) is 14.7 Å². The number of nitrogens with zero attached hydrogens (tertiary/aromatic N) is 4. The van der Waals surface area contributed by atoms with Crippen LogP contribution >= 0.6 is 0 Å². The topological polar surface area (TPSA) is 88.9 Å². The minimum absolute atomic E-state index is 0.0670. The first-order valence-electron chi connectivity index (χ1n) is 7.43. The molecule has 7 heteroatoms. The molecule has 23 heavy (non-hydrogen) atoms. The summed E-state index contributed by atoms with van der Waals surface area (Å²) >= 11 is 0. The van der Waals surface area contributed by atoms with E-state index in [9.17, 15) is 0 Å². The van der Waals surface area contributed by atoms with Crippen molar-refractivity contribution in [2.24, 2.45) is 10.9 Å². The number of benzene rings is 1. The largest absolute Gasteiger partial charge is 0.497 e. The highest BCUT2D eigenvalue weighted by Crippen LogP contribution is 2.16. The van der Waals surface area contributed by atoms with E-state index >= 15 is 0 Å². The van der Waals surface area contributed by atoms with E-state index in [4.69, 9.17) is 15.7 Å². The molecule has 0 saturated carbocycles. The lowest BCUT2D eigenvalue weighted by atomic mass is 10.2. The minimum Gasteiger partial charge on any atom is -0.497 e. The van der Waals surface area contributed by atoms with Crippen LogP contribution in [0.4, 0.5) is 0 Å². The van der Waals surface area contributed by atoms with Crippen LogP contribution in [0, 0.1) is 0 Å². The smallest absolute Gasteiger partial charge is 0.233 e. The van der Waals surface area contributed by atoms with Gasteiger partial charge in [-0.05, 0) is 37.6 Å². The standard InChI is InChI=1S/C16H23N5O2/c1-12(2)21-14(8-9-18-21)11-20(16(17)19-22)10-13-4-6-15(23-3)7-5-13/h4-9,12,22H,10-11H2,1-3H3,(H2,17,19). The molecule has 0 unspecified atom stereocenters. The average Bonchev–Trinajstić information content (AvgIpc) is 3.02. The first-order chi connectivity index (χ1) is 11.0. The number of aromatic nitrogens is 2. The Morgan fingerprint density at radius 2 is 2.00 bits per heavy atom. The van der Waals surface area contributed by atoms with E-state index in [0.29, 0.717) is 13.1 Å². The summed E-state index contributed by atoms with van der Waals surface area (Å²) in [5.74, 6) is 0.860. The SMILES string of the molecule is COc1ccc(CN(Cc2ccnn2C(C)C)/C(N)=N/O)cc1. The van der Waals surface area contributed by atoms with Crippen LogP contribution in [0.25, 0.3) is 0 Å². The van der Waals surface area contributed by atoms with Crippen molar-refractivity contribution in [2.45, 2.75) is 33.0 Å². The van der Waals surface area contributed by atoms with Crippen LogP contribution < -0.4 is 10.5 Å². The van der Waals surface area contributed by atoms with Gasteiger partial charge in [0.1, 0.15) is 5.75 Å². The summed E-state index contributed by atoms with van der Waals surface area (Å²) in [6, 6.07) is 9.86. The monoisotopic (exact) mass is 317 g/mol. The van der Waals surface area contributed by atoms with Gasteiger partial charge in [-0.25, -0.2) is 0 Å². The molecular weight excluding hydrogens is 294 g/mol. The number of ether oxygens (including phenoxy) is 1. The molecule has 0 amide bonds. The van der Waals surface area contributed by atoms with E-state index in [1.807, 2.05) is 35.0 Å². The lowest BCUT2D eigenvalue weighted by molar-refractivity contribution is 0.290. The summed E-state index contributed by atoms with van der Waals surface area (Å²) in [5, 5.41) is 16.5. The molecule has 0 bridgehead atoms. The molecule has 2 rings (SSSR count). The zero-order chi connectivity index (χ0) is 16.8. The summed E-state index contributed by atoms with van der Waals surface area (Å²) in [4.78, 5) is 1.79. The van der Waals surface area contributed by atoms with Gasteiger partial charge in [0.25, 0.3) is 0 Å². The van der Waals surface area contributed by atoms with Gasteiger partial charge in [-0.2, -0.15) is 5.10 Å². The van der Waals surface area contributed by atoms with Crippen molar-refractivity contribution >= 4 is 5.96 Å². The van der Waals surface area contributed by atoms with Crippen molar-refractivity contribution < 1.29 is 9.94 Å². The number of nitrogens with two attached hydrogens (primary N) is 1. The number of rotatable bonds is 6. The third-order valence-corrected chi connectivity index (χ3v) is 3.55. The predicted octanol–water partition coefficient (Wildman–Crippen LogP) is 2.18. The fourth-order valence-electron chi connectivity index (χ4n) is 2.36. The molecule has 0 aliphatic carbocycles. The second-order valence-corrected chi connectivity index (χ2v) is 5.52. The Kier molecular flexibility index (Phi) is 5.46. The Hall–Kier alpha value is -2.70. The molecule has 2 aromatic rings. The van der Waals surface area contributed by atoms with Crippen LogP contribution in [0.1, 0.15) is 31.1 Å². The maximum Gasteiger partial charge on any atom is 0.233 e. The molecule has 0 spiro atoms. The van der Waals surface area contributed by atoms with Gasteiger partial charge in [-0.3, -0.25) is 4.68 Å². The lowest BCUT2D eigenvalue weighted by Crippen LogP contribution is -2.37. The Morgan fingerprint density at radius 3 is 2.57 bits per heavy atom. The lowest BCUT2D eigenvalue weighted by Gasteiger charge is -2.24. The fraction of sp³-hybridized carbons (Fsp3) is 0.375. The molecule has 1 aromatic carbocycles. The number of hydrogen-bond donors (Lipinski definition) is 2. The first-order valence-corrected chi connectivity index (χ1v) is 7.43. The zero-order valence-corrected chi connectivity index (χ0v) is 13.7. The molecule has 1 heterocycles. The van der Waals surface area contributed by atoms with E-state index < -0.39 is 0 Å². The highest BCUT2D eigenvalue weighted by Gasteiger charge is 2.14. The van der Waals surface area contributed by atoms with E-state index in [0.717, 1.165) is 17.0 Å².